The van der Waals surface area contributed by atoms with Crippen molar-refractivity contribution in [3.05, 3.63) is 36.0 Å². The van der Waals surface area contributed by atoms with E-state index in [0.29, 0.717) is 30.2 Å². The number of aromatic nitrogens is 2. The van der Waals surface area contributed by atoms with Crippen LogP contribution in [0.1, 0.15) is 38.0 Å². The van der Waals surface area contributed by atoms with Crippen LogP contribution in [0.5, 0.6) is 0 Å². The van der Waals surface area contributed by atoms with Gasteiger partial charge >= 0.3 is 0 Å². The Morgan fingerprint density at radius 2 is 2.38 bits per heavy atom. The molecule has 2 N–H and O–H groups in total. The number of carbonyl (C=O) groups is 1. The second-order valence-electron chi connectivity index (χ2n) is 6.33. The van der Waals surface area contributed by atoms with Crippen LogP contribution in [-0.2, 0) is 4.79 Å². The lowest BCUT2D eigenvalue weighted by Gasteiger charge is -2.31. The predicted molar refractivity (Wildman–Crippen MR) is 86.5 cm³/mol. The van der Waals surface area contributed by atoms with E-state index in [9.17, 15) is 9.18 Å². The fraction of sp³-hybridized carbons (Fsp3) is 0.471. The van der Waals surface area contributed by atoms with Crippen LogP contribution in [0.2, 0.25) is 0 Å². The third-order valence-electron chi connectivity index (χ3n) is 4.14. The van der Waals surface area contributed by atoms with Gasteiger partial charge in [-0.3, -0.25) is 4.79 Å². The van der Waals surface area contributed by atoms with E-state index < -0.39 is 0 Å². The highest BCUT2D eigenvalue weighted by Gasteiger charge is 2.28. The fourth-order valence-electron chi connectivity index (χ4n) is 2.96. The quantitative estimate of drug-likeness (QED) is 0.929. The van der Waals surface area contributed by atoms with Crippen LogP contribution in [0.4, 0.5) is 4.39 Å². The molecular formula is C17H21FN4O2. The van der Waals surface area contributed by atoms with Gasteiger partial charge in [-0.15, -0.1) is 0 Å². The van der Waals surface area contributed by atoms with Crippen molar-refractivity contribution in [2.75, 3.05) is 13.1 Å². The molecule has 0 radical (unpaired) electrons. The van der Waals surface area contributed by atoms with Crippen LogP contribution in [0.3, 0.4) is 0 Å². The van der Waals surface area contributed by atoms with Crippen LogP contribution < -0.4 is 5.73 Å². The molecule has 1 aliphatic heterocycles. The lowest BCUT2D eigenvalue weighted by Crippen LogP contribution is -2.41. The largest absolute Gasteiger partial charge is 0.342 e. The lowest BCUT2D eigenvalue weighted by atomic mass is 9.97. The highest BCUT2D eigenvalue weighted by Crippen LogP contribution is 2.28. The lowest BCUT2D eigenvalue weighted by molar-refractivity contribution is -0.132. The SMILES string of the molecule is CC(N)CC(=O)N1CCCC(c2nc(-c3cccc(F)c3)no2)C1. The number of hydrogen-bond acceptors (Lipinski definition) is 5. The molecule has 1 aliphatic rings. The van der Waals surface area contributed by atoms with Crippen molar-refractivity contribution in [2.45, 2.75) is 38.1 Å². The predicted octanol–water partition coefficient (Wildman–Crippen LogP) is 2.32. The van der Waals surface area contributed by atoms with E-state index in [1.807, 2.05) is 11.8 Å². The zero-order valence-electron chi connectivity index (χ0n) is 13.6. The Morgan fingerprint density at radius 3 is 3.12 bits per heavy atom. The van der Waals surface area contributed by atoms with E-state index in [4.69, 9.17) is 10.3 Å². The van der Waals surface area contributed by atoms with Gasteiger partial charge in [0.2, 0.25) is 17.6 Å². The van der Waals surface area contributed by atoms with Crippen LogP contribution in [0.15, 0.2) is 28.8 Å². The summed E-state index contributed by atoms with van der Waals surface area (Å²) in [5.74, 6) is 0.574. The van der Waals surface area contributed by atoms with E-state index in [0.717, 1.165) is 19.4 Å². The molecule has 1 aromatic heterocycles. The van der Waals surface area contributed by atoms with Crippen molar-refractivity contribution < 1.29 is 13.7 Å². The first kappa shape index (κ1) is 16.6. The van der Waals surface area contributed by atoms with Gasteiger partial charge in [-0.1, -0.05) is 17.3 Å². The number of likely N-dealkylation sites (tertiary alicyclic amines) is 1. The Bertz CT molecular complexity index is 716. The van der Waals surface area contributed by atoms with Crippen molar-refractivity contribution in [2.24, 2.45) is 5.73 Å². The highest BCUT2D eigenvalue weighted by atomic mass is 19.1. The van der Waals surface area contributed by atoms with E-state index in [-0.39, 0.29) is 23.7 Å². The number of halogens is 1. The molecule has 2 unspecified atom stereocenters. The Hall–Kier alpha value is -2.28. The van der Waals surface area contributed by atoms with Gasteiger partial charge in [0.05, 0.1) is 5.92 Å². The maximum absolute atomic E-state index is 13.3. The van der Waals surface area contributed by atoms with Crippen LogP contribution in [0.25, 0.3) is 11.4 Å². The number of hydrogen-bond donors (Lipinski definition) is 1. The molecule has 2 heterocycles. The Labute approximate surface area is 139 Å². The maximum atomic E-state index is 13.3. The van der Waals surface area contributed by atoms with E-state index >= 15 is 0 Å². The number of carbonyl (C=O) groups excluding carboxylic acids is 1. The molecule has 128 valence electrons. The number of rotatable bonds is 4. The Kier molecular flexibility index (Phi) is 4.89. The molecule has 0 aliphatic carbocycles. The van der Waals surface area contributed by atoms with Crippen molar-refractivity contribution >= 4 is 5.91 Å². The zero-order chi connectivity index (χ0) is 17.1. The number of amides is 1. The molecule has 7 heteroatoms. The minimum absolute atomic E-state index is 0.00518. The number of piperidine rings is 1. The molecule has 6 nitrogen and oxygen atoms in total. The first-order chi connectivity index (χ1) is 11.5. The summed E-state index contributed by atoms with van der Waals surface area (Å²) in [4.78, 5) is 18.4. The van der Waals surface area contributed by atoms with Gasteiger partial charge in [0.1, 0.15) is 5.82 Å². The first-order valence-electron chi connectivity index (χ1n) is 8.16. The van der Waals surface area contributed by atoms with Crippen LogP contribution in [0, 0.1) is 5.82 Å². The molecule has 1 saturated heterocycles. The summed E-state index contributed by atoms with van der Waals surface area (Å²) in [5, 5.41) is 3.94. The smallest absolute Gasteiger partial charge is 0.231 e. The third-order valence-corrected chi connectivity index (χ3v) is 4.14. The monoisotopic (exact) mass is 332 g/mol. The number of benzene rings is 1. The topological polar surface area (TPSA) is 85.3 Å². The molecule has 1 fully saturated rings. The molecule has 2 aromatic rings. The van der Waals surface area contributed by atoms with E-state index in [1.165, 1.54) is 12.1 Å². The summed E-state index contributed by atoms with van der Waals surface area (Å²) in [6.45, 7) is 3.10. The molecule has 2 atom stereocenters. The summed E-state index contributed by atoms with van der Waals surface area (Å²) < 4.78 is 18.7. The minimum Gasteiger partial charge on any atom is -0.342 e. The van der Waals surface area contributed by atoms with Crippen LogP contribution >= 0.6 is 0 Å². The van der Waals surface area contributed by atoms with Crippen molar-refractivity contribution in [1.29, 1.82) is 0 Å². The average molecular weight is 332 g/mol. The van der Waals surface area contributed by atoms with Gasteiger partial charge in [0.15, 0.2) is 0 Å². The molecule has 1 amide bonds. The summed E-state index contributed by atoms with van der Waals surface area (Å²) in [6, 6.07) is 5.93. The molecule has 1 aromatic carbocycles. The van der Waals surface area contributed by atoms with Gasteiger partial charge < -0.3 is 15.2 Å². The third kappa shape index (κ3) is 3.79. The van der Waals surface area contributed by atoms with Gasteiger partial charge in [-0.2, -0.15) is 4.98 Å². The minimum atomic E-state index is -0.343. The van der Waals surface area contributed by atoms with Gasteiger partial charge in [-0.05, 0) is 31.9 Å². The number of nitrogens with two attached hydrogens (primary N) is 1. The molecular weight excluding hydrogens is 311 g/mol. The molecule has 0 saturated carbocycles. The van der Waals surface area contributed by atoms with Crippen LogP contribution in [-0.4, -0.2) is 40.1 Å². The molecule has 0 spiro atoms. The molecule has 3 rings (SSSR count). The standard InChI is InChI=1S/C17H21FN4O2/c1-11(19)8-15(23)22-7-3-5-13(10-22)17-20-16(21-24-17)12-4-2-6-14(18)9-12/h2,4,6,9,11,13H,3,5,7-8,10,19H2,1H3. The molecule has 24 heavy (non-hydrogen) atoms. The van der Waals surface area contributed by atoms with Crippen molar-refractivity contribution in [1.82, 2.24) is 15.0 Å². The second-order valence-corrected chi connectivity index (χ2v) is 6.33. The summed E-state index contributed by atoms with van der Waals surface area (Å²) in [7, 11) is 0. The summed E-state index contributed by atoms with van der Waals surface area (Å²) in [6.07, 6.45) is 2.10. The molecule has 0 bridgehead atoms. The van der Waals surface area contributed by atoms with Gasteiger partial charge in [0.25, 0.3) is 0 Å². The van der Waals surface area contributed by atoms with E-state index in [2.05, 4.69) is 10.1 Å². The second kappa shape index (κ2) is 7.09. The fourth-order valence-corrected chi connectivity index (χ4v) is 2.96. The summed E-state index contributed by atoms with van der Waals surface area (Å²) in [5.41, 5.74) is 6.28. The van der Waals surface area contributed by atoms with E-state index in [1.54, 1.807) is 12.1 Å². The summed E-state index contributed by atoms with van der Waals surface area (Å²) >= 11 is 0. The number of nitrogens with zero attached hydrogens (tertiary/aromatic N) is 3. The Balaban J connectivity index is 1.71. The highest BCUT2D eigenvalue weighted by molar-refractivity contribution is 5.77. The Morgan fingerprint density at radius 1 is 1.54 bits per heavy atom. The van der Waals surface area contributed by atoms with Gasteiger partial charge in [0, 0.05) is 31.1 Å². The van der Waals surface area contributed by atoms with Gasteiger partial charge in [-0.25, -0.2) is 4.39 Å². The zero-order valence-corrected chi connectivity index (χ0v) is 13.6. The normalized spacial score (nSPS) is 19.3. The van der Waals surface area contributed by atoms with Crippen molar-refractivity contribution in [3.63, 3.8) is 0 Å². The average Bonchev–Trinajstić information content (AvgIpc) is 3.04. The first-order valence-corrected chi connectivity index (χ1v) is 8.16. The maximum Gasteiger partial charge on any atom is 0.231 e. The van der Waals surface area contributed by atoms with Crippen molar-refractivity contribution in [3.8, 4) is 11.4 Å².